The van der Waals surface area contributed by atoms with Crippen LogP contribution in [0, 0.1) is 0 Å². The number of fused-ring (bicyclic) bond motifs is 1. The van der Waals surface area contributed by atoms with Gasteiger partial charge in [0.25, 0.3) is 0 Å². The Morgan fingerprint density at radius 2 is 1.92 bits per heavy atom. The van der Waals surface area contributed by atoms with Gasteiger partial charge in [-0.15, -0.1) is 0 Å². The zero-order chi connectivity index (χ0) is 16.8. The number of hydrogen-bond acceptors (Lipinski definition) is 4. The van der Waals surface area contributed by atoms with Crippen LogP contribution in [0.4, 0.5) is 0 Å². The van der Waals surface area contributed by atoms with Gasteiger partial charge < -0.3 is 15.1 Å². The fourth-order valence-corrected chi connectivity index (χ4v) is 2.91. The lowest BCUT2D eigenvalue weighted by Crippen LogP contribution is -2.23. The van der Waals surface area contributed by atoms with Crippen molar-refractivity contribution in [2.45, 2.75) is 32.2 Å². The largest absolute Gasteiger partial charge is 0.467 e. The lowest BCUT2D eigenvalue weighted by atomic mass is 9.97. The molecule has 0 aliphatic carbocycles. The summed E-state index contributed by atoms with van der Waals surface area (Å²) < 4.78 is 5.16. The molecule has 2 aromatic rings. The van der Waals surface area contributed by atoms with Gasteiger partial charge in [0.15, 0.2) is 5.78 Å². The molecule has 1 aliphatic heterocycles. The number of benzene rings is 1. The molecule has 126 valence electrons. The molecular weight excluding hydrogens is 304 g/mol. The van der Waals surface area contributed by atoms with Crippen molar-refractivity contribution >= 4 is 11.7 Å². The molecule has 0 spiro atoms. The number of furan rings is 1. The zero-order valence-corrected chi connectivity index (χ0v) is 13.6. The van der Waals surface area contributed by atoms with E-state index < -0.39 is 0 Å². The van der Waals surface area contributed by atoms with Gasteiger partial charge >= 0.3 is 0 Å². The molecule has 2 N–H and O–H groups in total. The van der Waals surface area contributed by atoms with Gasteiger partial charge in [-0.05, 0) is 55.3 Å². The second-order valence-corrected chi connectivity index (χ2v) is 6.01. The van der Waals surface area contributed by atoms with Crippen LogP contribution in [0.2, 0.25) is 0 Å². The average molecular weight is 326 g/mol. The maximum atomic E-state index is 12.3. The minimum Gasteiger partial charge on any atom is -0.467 e. The number of Topliss-reactive ketones (excluding diaryl/α,β-unsaturated/α-hetero) is 1. The summed E-state index contributed by atoms with van der Waals surface area (Å²) in [5.41, 5.74) is 3.26. The zero-order valence-electron chi connectivity index (χ0n) is 13.6. The Hall–Kier alpha value is -2.40. The molecule has 24 heavy (non-hydrogen) atoms. The molecule has 3 rings (SSSR count). The predicted octanol–water partition coefficient (Wildman–Crippen LogP) is 2.25. The molecule has 1 aliphatic rings. The molecule has 0 radical (unpaired) electrons. The van der Waals surface area contributed by atoms with Gasteiger partial charge in [-0.3, -0.25) is 9.59 Å². The van der Waals surface area contributed by atoms with Gasteiger partial charge in [-0.1, -0.05) is 12.1 Å². The van der Waals surface area contributed by atoms with E-state index in [0.717, 1.165) is 25.9 Å². The Morgan fingerprint density at radius 3 is 2.71 bits per heavy atom. The van der Waals surface area contributed by atoms with E-state index in [-0.39, 0.29) is 24.5 Å². The highest BCUT2D eigenvalue weighted by Gasteiger charge is 2.13. The Balaban J connectivity index is 1.51. The topological polar surface area (TPSA) is 71.3 Å². The highest BCUT2D eigenvalue weighted by Crippen LogP contribution is 2.17. The first-order valence-corrected chi connectivity index (χ1v) is 8.37. The van der Waals surface area contributed by atoms with Crippen molar-refractivity contribution in [2.24, 2.45) is 0 Å². The third-order valence-corrected chi connectivity index (χ3v) is 4.29. The van der Waals surface area contributed by atoms with Crippen LogP contribution in [0.5, 0.6) is 0 Å². The van der Waals surface area contributed by atoms with Crippen molar-refractivity contribution in [1.29, 1.82) is 0 Å². The average Bonchev–Trinajstić information content (AvgIpc) is 3.01. The summed E-state index contributed by atoms with van der Waals surface area (Å²) in [4.78, 5) is 24.2. The fraction of sp³-hybridized carbons (Fsp3) is 0.368. The number of rotatable bonds is 6. The summed E-state index contributed by atoms with van der Waals surface area (Å²) in [6.07, 6.45) is 3.93. The van der Waals surface area contributed by atoms with E-state index in [9.17, 15) is 9.59 Å². The Kier molecular flexibility index (Phi) is 5.43. The molecule has 0 fully saturated rings. The van der Waals surface area contributed by atoms with E-state index in [4.69, 9.17) is 4.42 Å². The Morgan fingerprint density at radius 1 is 1.08 bits per heavy atom. The van der Waals surface area contributed by atoms with E-state index in [1.165, 1.54) is 11.1 Å². The molecule has 0 saturated carbocycles. The number of carbonyl (C=O) groups is 2. The van der Waals surface area contributed by atoms with Crippen LogP contribution in [-0.2, 0) is 24.2 Å². The van der Waals surface area contributed by atoms with Gasteiger partial charge in [0.2, 0.25) is 5.91 Å². The summed E-state index contributed by atoms with van der Waals surface area (Å²) in [6, 6.07) is 9.50. The quantitative estimate of drug-likeness (QED) is 0.799. The van der Waals surface area contributed by atoms with Crippen molar-refractivity contribution in [3.05, 3.63) is 59.0 Å². The number of nitrogens with one attached hydrogen (secondary N) is 2. The minimum atomic E-state index is -0.140. The number of hydrogen-bond donors (Lipinski definition) is 2. The van der Waals surface area contributed by atoms with Gasteiger partial charge in [-0.2, -0.15) is 0 Å². The number of amides is 1. The van der Waals surface area contributed by atoms with Crippen molar-refractivity contribution < 1.29 is 14.0 Å². The Bertz CT molecular complexity index is 707. The monoisotopic (exact) mass is 326 g/mol. The third-order valence-electron chi connectivity index (χ3n) is 4.29. The van der Waals surface area contributed by atoms with Crippen LogP contribution in [0.3, 0.4) is 0 Å². The van der Waals surface area contributed by atoms with E-state index in [0.29, 0.717) is 17.9 Å². The summed E-state index contributed by atoms with van der Waals surface area (Å²) in [5.74, 6) is 0.580. The maximum absolute atomic E-state index is 12.3. The smallest absolute Gasteiger partial charge is 0.220 e. The molecule has 1 aromatic carbocycles. The van der Waals surface area contributed by atoms with Crippen LogP contribution in [0.15, 0.2) is 41.0 Å². The first-order valence-electron chi connectivity index (χ1n) is 8.37. The third kappa shape index (κ3) is 4.32. The Labute approximate surface area is 141 Å². The molecular formula is C19H22N2O3. The van der Waals surface area contributed by atoms with E-state index in [2.05, 4.69) is 10.6 Å². The van der Waals surface area contributed by atoms with Crippen molar-refractivity contribution in [3.63, 3.8) is 0 Å². The van der Waals surface area contributed by atoms with E-state index in [1.807, 2.05) is 18.2 Å². The molecule has 0 bridgehead atoms. The van der Waals surface area contributed by atoms with Gasteiger partial charge in [0.05, 0.1) is 12.8 Å². The van der Waals surface area contributed by atoms with Gasteiger partial charge in [0.1, 0.15) is 5.76 Å². The molecule has 0 saturated heterocycles. The fourth-order valence-electron chi connectivity index (χ4n) is 2.91. The SMILES string of the molecule is O=C(CCC(=O)c1ccc2c(c1)CCNCC2)NCc1ccco1. The molecule has 5 heteroatoms. The molecule has 2 heterocycles. The van der Waals surface area contributed by atoms with Crippen LogP contribution in [-0.4, -0.2) is 24.8 Å². The predicted molar refractivity (Wildman–Crippen MR) is 90.8 cm³/mol. The summed E-state index contributed by atoms with van der Waals surface area (Å²) in [7, 11) is 0. The van der Waals surface area contributed by atoms with Crippen LogP contribution in [0.1, 0.15) is 40.1 Å². The van der Waals surface area contributed by atoms with E-state index in [1.54, 1.807) is 18.4 Å². The summed E-state index contributed by atoms with van der Waals surface area (Å²) in [5, 5.41) is 6.12. The number of carbonyl (C=O) groups excluding carboxylic acids is 2. The standard InChI is InChI=1S/C19H22N2O3/c22-18(5-6-19(23)21-13-17-2-1-11-24-17)16-4-3-14-7-9-20-10-8-15(14)12-16/h1-4,11-12,20H,5-10,13H2,(H,21,23). The van der Waals surface area contributed by atoms with Gasteiger partial charge in [-0.25, -0.2) is 0 Å². The normalized spacial score (nSPS) is 13.8. The van der Waals surface area contributed by atoms with E-state index >= 15 is 0 Å². The molecule has 5 nitrogen and oxygen atoms in total. The molecule has 1 amide bonds. The molecule has 1 aromatic heterocycles. The van der Waals surface area contributed by atoms with Crippen LogP contribution < -0.4 is 10.6 Å². The van der Waals surface area contributed by atoms with Gasteiger partial charge in [0, 0.05) is 18.4 Å². The molecule has 0 unspecified atom stereocenters. The second-order valence-electron chi connectivity index (χ2n) is 6.01. The summed E-state index contributed by atoms with van der Waals surface area (Å²) in [6.45, 7) is 2.28. The van der Waals surface area contributed by atoms with Crippen LogP contribution >= 0.6 is 0 Å². The van der Waals surface area contributed by atoms with Crippen molar-refractivity contribution in [2.75, 3.05) is 13.1 Å². The first-order chi connectivity index (χ1) is 11.7. The lowest BCUT2D eigenvalue weighted by Gasteiger charge is -2.08. The lowest BCUT2D eigenvalue weighted by molar-refractivity contribution is -0.121. The maximum Gasteiger partial charge on any atom is 0.220 e. The van der Waals surface area contributed by atoms with Crippen molar-refractivity contribution in [3.8, 4) is 0 Å². The highest BCUT2D eigenvalue weighted by atomic mass is 16.3. The highest BCUT2D eigenvalue weighted by molar-refractivity contribution is 5.98. The second kappa shape index (κ2) is 7.93. The first kappa shape index (κ1) is 16.5. The van der Waals surface area contributed by atoms with Crippen LogP contribution in [0.25, 0.3) is 0 Å². The summed E-state index contributed by atoms with van der Waals surface area (Å²) >= 11 is 0. The number of ketones is 1. The molecule has 0 atom stereocenters. The minimum absolute atomic E-state index is 0.0168. The van der Waals surface area contributed by atoms with Crippen molar-refractivity contribution in [1.82, 2.24) is 10.6 Å².